The lowest BCUT2D eigenvalue weighted by atomic mass is 10.3. The molecule has 1 aromatic heterocycles. The second-order valence-corrected chi connectivity index (χ2v) is 4.69. The minimum Gasteiger partial charge on any atom is -0.354 e. The Morgan fingerprint density at radius 1 is 1.29 bits per heavy atom. The molecule has 0 aliphatic carbocycles. The quantitative estimate of drug-likeness (QED) is 0.881. The van der Waals surface area contributed by atoms with Crippen molar-refractivity contribution in [2.45, 2.75) is 6.42 Å². The van der Waals surface area contributed by atoms with Crippen molar-refractivity contribution in [1.29, 1.82) is 0 Å². The summed E-state index contributed by atoms with van der Waals surface area (Å²) in [6.45, 7) is 5.82. The van der Waals surface area contributed by atoms with E-state index in [4.69, 9.17) is 17.3 Å². The average Bonchev–Trinajstić information content (AvgIpc) is 2.56. The third kappa shape index (κ3) is 3.31. The molecule has 0 spiro atoms. The topological polar surface area (TPSA) is 45.4 Å². The van der Waals surface area contributed by atoms with Crippen molar-refractivity contribution in [1.82, 2.24) is 9.88 Å². The number of anilines is 1. The molecule has 0 bridgehead atoms. The second kappa shape index (κ2) is 6.19. The Kier molecular flexibility index (Phi) is 4.59. The van der Waals surface area contributed by atoms with Crippen LogP contribution in [0.2, 0.25) is 5.02 Å². The van der Waals surface area contributed by atoms with Gasteiger partial charge in [0.2, 0.25) is 0 Å². The highest BCUT2D eigenvalue weighted by molar-refractivity contribution is 6.32. The fourth-order valence-electron chi connectivity index (χ4n) is 2.20. The van der Waals surface area contributed by atoms with E-state index >= 15 is 0 Å². The molecule has 2 N–H and O–H groups in total. The Hall–Kier alpha value is -0.840. The van der Waals surface area contributed by atoms with Gasteiger partial charge in [-0.3, -0.25) is 0 Å². The van der Waals surface area contributed by atoms with Crippen molar-refractivity contribution in [3.05, 3.63) is 23.4 Å². The molecule has 0 aromatic carbocycles. The van der Waals surface area contributed by atoms with Gasteiger partial charge >= 0.3 is 0 Å². The summed E-state index contributed by atoms with van der Waals surface area (Å²) in [5, 5.41) is 0.736. The van der Waals surface area contributed by atoms with E-state index in [2.05, 4.69) is 14.8 Å². The predicted octanol–water partition coefficient (Wildman–Crippen LogP) is 1.21. The largest absolute Gasteiger partial charge is 0.354 e. The first-order valence-electron chi connectivity index (χ1n) is 6.09. The Morgan fingerprint density at radius 3 is 2.94 bits per heavy atom. The van der Waals surface area contributed by atoms with E-state index in [0.717, 1.165) is 56.5 Å². The van der Waals surface area contributed by atoms with E-state index in [1.807, 2.05) is 12.1 Å². The Morgan fingerprint density at radius 2 is 2.18 bits per heavy atom. The van der Waals surface area contributed by atoms with Crippen LogP contribution < -0.4 is 10.6 Å². The highest BCUT2D eigenvalue weighted by Crippen LogP contribution is 2.23. The minimum absolute atomic E-state index is 0.727. The van der Waals surface area contributed by atoms with Gasteiger partial charge in [-0.2, -0.15) is 0 Å². The number of aromatic nitrogens is 1. The van der Waals surface area contributed by atoms with Crippen LogP contribution in [-0.2, 0) is 0 Å². The maximum Gasteiger partial charge on any atom is 0.147 e. The van der Waals surface area contributed by atoms with E-state index in [9.17, 15) is 0 Å². The molecule has 1 saturated heterocycles. The molecular weight excluding hydrogens is 236 g/mol. The number of hydrogen-bond acceptors (Lipinski definition) is 4. The number of nitrogens with two attached hydrogens (primary N) is 1. The van der Waals surface area contributed by atoms with Gasteiger partial charge in [-0.05, 0) is 25.1 Å². The van der Waals surface area contributed by atoms with Crippen LogP contribution in [0.15, 0.2) is 18.3 Å². The van der Waals surface area contributed by atoms with Crippen LogP contribution in [0.1, 0.15) is 6.42 Å². The van der Waals surface area contributed by atoms with Gasteiger partial charge in [0.15, 0.2) is 0 Å². The zero-order valence-corrected chi connectivity index (χ0v) is 10.7. The van der Waals surface area contributed by atoms with E-state index < -0.39 is 0 Å². The van der Waals surface area contributed by atoms with Gasteiger partial charge in [0.25, 0.3) is 0 Å². The van der Waals surface area contributed by atoms with Gasteiger partial charge in [-0.25, -0.2) is 4.98 Å². The molecule has 1 aliphatic heterocycles. The first-order valence-corrected chi connectivity index (χ1v) is 6.47. The maximum absolute atomic E-state index is 6.17. The van der Waals surface area contributed by atoms with Crippen molar-refractivity contribution >= 4 is 17.4 Å². The lowest BCUT2D eigenvalue weighted by molar-refractivity contribution is 0.302. The summed E-state index contributed by atoms with van der Waals surface area (Å²) >= 11 is 6.17. The zero-order chi connectivity index (χ0) is 12.1. The van der Waals surface area contributed by atoms with Crippen molar-refractivity contribution in [3.8, 4) is 0 Å². The number of rotatable bonds is 3. The summed E-state index contributed by atoms with van der Waals surface area (Å²) in [6.07, 6.45) is 2.93. The van der Waals surface area contributed by atoms with E-state index in [1.165, 1.54) is 0 Å². The third-order valence-electron chi connectivity index (χ3n) is 3.07. The van der Waals surface area contributed by atoms with E-state index in [1.54, 1.807) is 6.20 Å². The number of nitrogens with zero attached hydrogens (tertiary/aromatic N) is 3. The third-order valence-corrected chi connectivity index (χ3v) is 3.37. The Labute approximate surface area is 107 Å². The average molecular weight is 255 g/mol. The molecule has 0 saturated carbocycles. The Bertz CT molecular complexity index is 358. The van der Waals surface area contributed by atoms with Crippen LogP contribution in [0.25, 0.3) is 0 Å². The molecule has 4 nitrogen and oxygen atoms in total. The molecule has 0 radical (unpaired) electrons. The summed E-state index contributed by atoms with van der Waals surface area (Å²) in [5.74, 6) is 0.906. The maximum atomic E-state index is 6.17. The summed E-state index contributed by atoms with van der Waals surface area (Å²) < 4.78 is 0. The highest BCUT2D eigenvalue weighted by Gasteiger charge is 2.16. The summed E-state index contributed by atoms with van der Waals surface area (Å²) in [6, 6.07) is 3.76. The molecule has 1 aromatic rings. The first-order chi connectivity index (χ1) is 8.31. The molecule has 0 unspecified atom stereocenters. The number of hydrogen-bond donors (Lipinski definition) is 1. The molecule has 94 valence electrons. The predicted molar refractivity (Wildman–Crippen MR) is 71.6 cm³/mol. The highest BCUT2D eigenvalue weighted by atomic mass is 35.5. The van der Waals surface area contributed by atoms with Gasteiger partial charge in [-0.1, -0.05) is 11.6 Å². The van der Waals surface area contributed by atoms with Crippen LogP contribution in [0, 0.1) is 0 Å². The minimum atomic E-state index is 0.727. The lowest BCUT2D eigenvalue weighted by Gasteiger charge is -2.23. The molecule has 1 aliphatic rings. The molecule has 2 rings (SSSR count). The SMILES string of the molecule is NCCN1CCCN(c2ncccc2Cl)CC1. The molecule has 0 amide bonds. The summed E-state index contributed by atoms with van der Waals surface area (Å²) in [5.41, 5.74) is 5.59. The zero-order valence-electron chi connectivity index (χ0n) is 9.98. The molecule has 1 fully saturated rings. The van der Waals surface area contributed by atoms with Crippen molar-refractivity contribution in [2.75, 3.05) is 44.2 Å². The summed E-state index contributed by atoms with van der Waals surface area (Å²) in [7, 11) is 0. The van der Waals surface area contributed by atoms with Gasteiger partial charge in [0, 0.05) is 38.9 Å². The van der Waals surface area contributed by atoms with Gasteiger partial charge in [0.1, 0.15) is 5.82 Å². The van der Waals surface area contributed by atoms with Crippen molar-refractivity contribution in [2.24, 2.45) is 5.73 Å². The lowest BCUT2D eigenvalue weighted by Crippen LogP contribution is -2.34. The number of halogens is 1. The van der Waals surface area contributed by atoms with E-state index in [0.29, 0.717) is 0 Å². The fourth-order valence-corrected chi connectivity index (χ4v) is 2.44. The second-order valence-electron chi connectivity index (χ2n) is 4.28. The fraction of sp³-hybridized carbons (Fsp3) is 0.583. The normalized spacial score (nSPS) is 18.1. The van der Waals surface area contributed by atoms with Gasteiger partial charge in [0.05, 0.1) is 5.02 Å². The summed E-state index contributed by atoms with van der Waals surface area (Å²) in [4.78, 5) is 9.03. The molecule has 5 heteroatoms. The molecule has 17 heavy (non-hydrogen) atoms. The number of pyridine rings is 1. The van der Waals surface area contributed by atoms with Crippen LogP contribution >= 0.6 is 11.6 Å². The molecular formula is C12H19ClN4. The smallest absolute Gasteiger partial charge is 0.147 e. The van der Waals surface area contributed by atoms with Crippen LogP contribution in [0.5, 0.6) is 0 Å². The molecule has 0 atom stereocenters. The van der Waals surface area contributed by atoms with Gasteiger partial charge in [-0.15, -0.1) is 0 Å². The van der Waals surface area contributed by atoms with Gasteiger partial charge < -0.3 is 15.5 Å². The molecule has 2 heterocycles. The Balaban J connectivity index is 2.01. The van der Waals surface area contributed by atoms with Crippen LogP contribution in [0.4, 0.5) is 5.82 Å². The monoisotopic (exact) mass is 254 g/mol. The van der Waals surface area contributed by atoms with Crippen LogP contribution in [0.3, 0.4) is 0 Å². The van der Waals surface area contributed by atoms with Crippen LogP contribution in [-0.4, -0.2) is 49.2 Å². The first kappa shape index (κ1) is 12.6. The van der Waals surface area contributed by atoms with Crippen molar-refractivity contribution in [3.63, 3.8) is 0 Å². The van der Waals surface area contributed by atoms with Crippen molar-refractivity contribution < 1.29 is 0 Å². The standard InChI is InChI=1S/C12H19ClN4/c13-11-3-1-5-15-12(11)17-7-2-6-16(8-4-14)9-10-17/h1,3,5H,2,4,6-10,14H2. The van der Waals surface area contributed by atoms with E-state index in [-0.39, 0.29) is 0 Å².